The zero-order valence-electron chi connectivity index (χ0n) is 17.2. The lowest BCUT2D eigenvalue weighted by Gasteiger charge is -2.24. The molecular weight excluding hydrogens is 454 g/mol. The van der Waals surface area contributed by atoms with Gasteiger partial charge in [-0.15, -0.1) is 0 Å². The van der Waals surface area contributed by atoms with Gasteiger partial charge in [0.25, 0.3) is 5.88 Å². The van der Waals surface area contributed by atoms with Crippen LogP contribution in [0, 0.1) is 5.82 Å². The van der Waals surface area contributed by atoms with Crippen molar-refractivity contribution in [3.8, 4) is 11.6 Å². The second kappa shape index (κ2) is 9.75. The van der Waals surface area contributed by atoms with Crippen molar-refractivity contribution in [3.05, 3.63) is 89.8 Å². The molecule has 2 atom stereocenters. The number of phosphoric acid groups is 1. The Morgan fingerprint density at radius 2 is 2.03 bits per heavy atom. The number of para-hydroxylation sites is 1. The van der Waals surface area contributed by atoms with E-state index in [4.69, 9.17) is 24.8 Å². The first-order valence-electron chi connectivity index (χ1n) is 9.81. The monoisotopic (exact) mass is 475 g/mol. The second-order valence-corrected chi connectivity index (χ2v) is 8.44. The summed E-state index contributed by atoms with van der Waals surface area (Å²) in [6.45, 7) is -0.331. The number of quaternary nitrogens is 1. The molecule has 0 radical (unpaired) electrons. The number of allylic oxidation sites excluding steroid dienone is 2. The van der Waals surface area contributed by atoms with Gasteiger partial charge in [-0.05, 0) is 35.9 Å². The SMILES string of the molecule is NC1C(c2cc(Cc3cnc(Oc4ccccc4)c(F)c3)no2)=CC=C[NH+]1COP(=O)(O)O. The van der Waals surface area contributed by atoms with Crippen molar-refractivity contribution < 1.29 is 37.4 Å². The Morgan fingerprint density at radius 1 is 1.24 bits per heavy atom. The maximum absolute atomic E-state index is 14.5. The highest BCUT2D eigenvalue weighted by atomic mass is 31.2. The van der Waals surface area contributed by atoms with Crippen LogP contribution in [0.2, 0.25) is 0 Å². The molecule has 1 aromatic carbocycles. The Balaban J connectivity index is 1.42. The highest BCUT2D eigenvalue weighted by Gasteiger charge is 2.29. The first-order chi connectivity index (χ1) is 15.8. The van der Waals surface area contributed by atoms with E-state index in [1.807, 2.05) is 6.07 Å². The lowest BCUT2D eigenvalue weighted by atomic mass is 10.1. The number of nitrogens with two attached hydrogens (primary N) is 1. The number of nitrogens with one attached hydrogen (secondary N) is 1. The van der Waals surface area contributed by atoms with E-state index in [9.17, 15) is 8.96 Å². The molecule has 0 spiro atoms. The third-order valence-electron chi connectivity index (χ3n) is 4.77. The van der Waals surface area contributed by atoms with Gasteiger partial charge in [-0.1, -0.05) is 23.4 Å². The van der Waals surface area contributed by atoms with E-state index in [1.54, 1.807) is 48.7 Å². The van der Waals surface area contributed by atoms with Gasteiger partial charge in [0, 0.05) is 18.7 Å². The topological polar surface area (TPSA) is 145 Å². The molecule has 0 aliphatic carbocycles. The lowest BCUT2D eigenvalue weighted by molar-refractivity contribution is -0.882. The van der Waals surface area contributed by atoms with Gasteiger partial charge in [0.2, 0.25) is 0 Å². The predicted molar refractivity (Wildman–Crippen MR) is 114 cm³/mol. The van der Waals surface area contributed by atoms with Crippen molar-refractivity contribution in [1.29, 1.82) is 0 Å². The van der Waals surface area contributed by atoms with E-state index in [2.05, 4.69) is 14.7 Å². The Labute approximate surface area is 188 Å². The minimum Gasteiger partial charge on any atom is -0.436 e. The molecule has 0 fully saturated rings. The number of pyridine rings is 1. The van der Waals surface area contributed by atoms with E-state index < -0.39 is 19.8 Å². The van der Waals surface area contributed by atoms with Crippen LogP contribution in [0.4, 0.5) is 4.39 Å². The first kappa shape index (κ1) is 23.0. The molecule has 2 unspecified atom stereocenters. The number of phosphoric ester groups is 1. The molecule has 0 saturated heterocycles. The lowest BCUT2D eigenvalue weighted by Crippen LogP contribution is -3.14. The highest BCUT2D eigenvalue weighted by molar-refractivity contribution is 7.46. The number of ether oxygens (including phenoxy) is 1. The summed E-state index contributed by atoms with van der Waals surface area (Å²) in [5.74, 6) is 0.127. The van der Waals surface area contributed by atoms with E-state index >= 15 is 0 Å². The largest absolute Gasteiger partial charge is 0.474 e. The maximum atomic E-state index is 14.5. The third-order valence-corrected chi connectivity index (χ3v) is 5.24. The van der Waals surface area contributed by atoms with Gasteiger partial charge in [-0.3, -0.25) is 10.6 Å². The fourth-order valence-corrected chi connectivity index (χ4v) is 3.51. The van der Waals surface area contributed by atoms with Crippen LogP contribution in [0.25, 0.3) is 5.57 Å². The zero-order valence-corrected chi connectivity index (χ0v) is 18.1. The van der Waals surface area contributed by atoms with E-state index in [0.717, 1.165) is 0 Å². The Hall–Kier alpha value is -3.18. The van der Waals surface area contributed by atoms with Gasteiger partial charge >= 0.3 is 7.82 Å². The van der Waals surface area contributed by atoms with Crippen LogP contribution < -0.4 is 15.4 Å². The number of halogens is 1. The van der Waals surface area contributed by atoms with Gasteiger partial charge in [0.15, 0.2) is 24.5 Å². The van der Waals surface area contributed by atoms with Crippen molar-refractivity contribution >= 4 is 13.4 Å². The fourth-order valence-electron chi connectivity index (χ4n) is 3.19. The van der Waals surface area contributed by atoms with Crippen LogP contribution in [-0.4, -0.2) is 32.8 Å². The van der Waals surface area contributed by atoms with Crippen molar-refractivity contribution in [3.63, 3.8) is 0 Å². The number of hydrogen-bond donors (Lipinski definition) is 4. The van der Waals surface area contributed by atoms with Crippen molar-refractivity contribution in [2.45, 2.75) is 12.6 Å². The molecule has 1 aliphatic heterocycles. The molecule has 4 rings (SSSR count). The standard InChI is InChI=1S/C21H20FN4O6P/c22-18-10-14(12-24-21(18)31-16-5-2-1-3-6-16)9-15-11-19(32-25-15)17-7-4-8-26(20(17)23)13-30-33(27,28)29/h1-8,10-12,20H,9,13,23H2,(H2,27,28,29)/p+1. The molecule has 0 bridgehead atoms. The summed E-state index contributed by atoms with van der Waals surface area (Å²) in [6, 6.07) is 11.8. The van der Waals surface area contributed by atoms with Crippen molar-refractivity contribution in [1.82, 2.24) is 10.1 Å². The Bertz CT molecular complexity index is 1230. The third kappa shape index (κ3) is 5.99. The van der Waals surface area contributed by atoms with Gasteiger partial charge in [0.1, 0.15) is 5.75 Å². The van der Waals surface area contributed by atoms with Gasteiger partial charge in [0.05, 0.1) is 17.5 Å². The van der Waals surface area contributed by atoms with Gasteiger partial charge < -0.3 is 19.0 Å². The molecule has 0 saturated carbocycles. The average Bonchev–Trinajstić information content (AvgIpc) is 3.23. The summed E-state index contributed by atoms with van der Waals surface area (Å²) < 4.78 is 40.8. The first-order valence-corrected chi connectivity index (χ1v) is 11.3. The van der Waals surface area contributed by atoms with Crippen molar-refractivity contribution in [2.24, 2.45) is 5.73 Å². The molecule has 10 nitrogen and oxygen atoms in total. The van der Waals surface area contributed by atoms with Crippen LogP contribution >= 0.6 is 7.82 Å². The summed E-state index contributed by atoms with van der Waals surface area (Å²) in [7, 11) is -4.62. The molecular formula is C21H21FN4O6P+. The molecule has 3 heterocycles. The molecule has 2 aromatic heterocycles. The summed E-state index contributed by atoms with van der Waals surface area (Å²) >= 11 is 0. The minimum absolute atomic E-state index is 0.128. The van der Waals surface area contributed by atoms with Crippen LogP contribution in [0.15, 0.2) is 71.5 Å². The summed E-state index contributed by atoms with van der Waals surface area (Å²) in [6.07, 6.45) is 6.06. The maximum Gasteiger partial charge on any atom is 0.474 e. The summed E-state index contributed by atoms with van der Waals surface area (Å²) in [5, 5.41) is 4.01. The molecule has 1 aliphatic rings. The number of nitrogens with zero attached hydrogens (tertiary/aromatic N) is 2. The van der Waals surface area contributed by atoms with Gasteiger partial charge in [-0.2, -0.15) is 0 Å². The predicted octanol–water partition coefficient (Wildman–Crippen LogP) is 1.74. The normalized spacial score (nSPS) is 18.2. The second-order valence-electron chi connectivity index (χ2n) is 7.20. The quantitative estimate of drug-likeness (QED) is 0.358. The van der Waals surface area contributed by atoms with E-state index in [-0.39, 0.29) is 19.0 Å². The van der Waals surface area contributed by atoms with Crippen LogP contribution in [0.1, 0.15) is 17.0 Å². The van der Waals surface area contributed by atoms with Crippen molar-refractivity contribution in [2.75, 3.05) is 6.73 Å². The van der Waals surface area contributed by atoms with Crippen LogP contribution in [-0.2, 0) is 15.5 Å². The Morgan fingerprint density at radius 3 is 2.76 bits per heavy atom. The number of rotatable bonds is 8. The molecule has 172 valence electrons. The molecule has 0 amide bonds. The van der Waals surface area contributed by atoms with Gasteiger partial charge in [-0.25, -0.2) is 18.5 Å². The number of aromatic nitrogens is 2. The molecule has 33 heavy (non-hydrogen) atoms. The Kier molecular flexibility index (Phi) is 6.80. The van der Waals surface area contributed by atoms with Crippen LogP contribution in [0.3, 0.4) is 0 Å². The number of benzene rings is 1. The molecule has 3 aromatic rings. The van der Waals surface area contributed by atoms with E-state index in [1.165, 1.54) is 12.3 Å². The fraction of sp³-hybridized carbons (Fsp3) is 0.143. The summed E-state index contributed by atoms with van der Waals surface area (Å²) in [4.78, 5) is 22.3. The number of hydrogen-bond acceptors (Lipinski definition) is 7. The average molecular weight is 475 g/mol. The summed E-state index contributed by atoms with van der Waals surface area (Å²) in [5.41, 5.74) is 7.85. The smallest absolute Gasteiger partial charge is 0.436 e. The minimum atomic E-state index is -4.62. The molecule has 12 heteroatoms. The molecule has 5 N–H and O–H groups in total. The zero-order chi connectivity index (χ0) is 23.4. The van der Waals surface area contributed by atoms with Crippen LogP contribution in [0.5, 0.6) is 11.6 Å². The van der Waals surface area contributed by atoms with E-state index in [0.29, 0.717) is 33.2 Å². The highest BCUT2D eigenvalue weighted by Crippen LogP contribution is 2.34.